The topological polar surface area (TPSA) is 52.6 Å². The van der Waals surface area contributed by atoms with Crippen LogP contribution in [-0.2, 0) is 12.7 Å². The Balaban J connectivity index is 1.89. The molecule has 0 atom stereocenters. The highest BCUT2D eigenvalue weighted by molar-refractivity contribution is 5.93. The first-order valence-corrected chi connectivity index (χ1v) is 7.36. The van der Waals surface area contributed by atoms with Gasteiger partial charge in [0.25, 0.3) is 0 Å². The number of nitrogens with zero attached hydrogens (tertiary/aromatic N) is 1. The van der Waals surface area contributed by atoms with Gasteiger partial charge in [-0.05, 0) is 41.0 Å². The van der Waals surface area contributed by atoms with E-state index < -0.39 is 11.7 Å². The fourth-order valence-corrected chi connectivity index (χ4v) is 2.65. The minimum Gasteiger partial charge on any atom is -0.395 e. The van der Waals surface area contributed by atoms with Crippen molar-refractivity contribution in [1.82, 2.24) is 4.90 Å². The van der Waals surface area contributed by atoms with Crippen molar-refractivity contribution in [3.05, 3.63) is 53.6 Å². The highest BCUT2D eigenvalue weighted by atomic mass is 19.4. The molecule has 1 heterocycles. The molecule has 4 nitrogen and oxygen atoms in total. The Morgan fingerprint density at radius 3 is 2.38 bits per heavy atom. The second-order valence-corrected chi connectivity index (χ2v) is 5.52. The minimum absolute atomic E-state index is 0.138. The van der Waals surface area contributed by atoms with Gasteiger partial charge in [-0.3, -0.25) is 0 Å². The van der Waals surface area contributed by atoms with Gasteiger partial charge in [0, 0.05) is 18.8 Å². The van der Waals surface area contributed by atoms with E-state index in [1.54, 1.807) is 12.1 Å². The van der Waals surface area contributed by atoms with Gasteiger partial charge in [0.2, 0.25) is 0 Å². The molecule has 7 heteroatoms. The first-order valence-electron chi connectivity index (χ1n) is 7.36. The first kappa shape index (κ1) is 16.3. The monoisotopic (exact) mass is 336 g/mol. The summed E-state index contributed by atoms with van der Waals surface area (Å²) in [6, 6.07) is 10.00. The lowest BCUT2D eigenvalue weighted by molar-refractivity contribution is -0.137. The average Bonchev–Trinajstić information content (AvgIpc) is 2.55. The molecule has 3 rings (SSSR count). The molecule has 2 N–H and O–H groups in total. The van der Waals surface area contributed by atoms with Gasteiger partial charge in [-0.25, -0.2) is 4.79 Å². The van der Waals surface area contributed by atoms with Crippen LogP contribution in [0.2, 0.25) is 0 Å². The van der Waals surface area contributed by atoms with Crippen molar-refractivity contribution in [2.75, 3.05) is 18.5 Å². The maximum atomic E-state index is 12.6. The molecule has 0 bridgehead atoms. The zero-order valence-electron chi connectivity index (χ0n) is 12.6. The molecule has 0 radical (unpaired) electrons. The van der Waals surface area contributed by atoms with Crippen LogP contribution < -0.4 is 5.32 Å². The molecule has 0 aliphatic carbocycles. The van der Waals surface area contributed by atoms with E-state index >= 15 is 0 Å². The number of urea groups is 1. The van der Waals surface area contributed by atoms with Gasteiger partial charge in [0.15, 0.2) is 0 Å². The summed E-state index contributed by atoms with van der Waals surface area (Å²) in [6.45, 7) is 0.424. The molecular formula is C17H15F3N2O2. The number of nitrogens with one attached hydrogen (secondary N) is 1. The van der Waals surface area contributed by atoms with Crippen LogP contribution in [-0.4, -0.2) is 29.2 Å². The summed E-state index contributed by atoms with van der Waals surface area (Å²) in [5.41, 5.74) is 2.26. The van der Waals surface area contributed by atoms with Crippen LogP contribution in [0.15, 0.2) is 42.5 Å². The molecular weight excluding hydrogens is 321 g/mol. The van der Waals surface area contributed by atoms with E-state index in [-0.39, 0.29) is 19.2 Å². The summed E-state index contributed by atoms with van der Waals surface area (Å²) in [7, 11) is 0. The van der Waals surface area contributed by atoms with E-state index in [1.807, 2.05) is 6.07 Å². The number of hydrogen-bond acceptors (Lipinski definition) is 2. The number of β-amino-alcohol motifs (C(OH)–C–C–N with tert-alkyl or cyclic N) is 1. The van der Waals surface area contributed by atoms with Crippen molar-refractivity contribution in [1.29, 1.82) is 0 Å². The lowest BCUT2D eigenvalue weighted by Crippen LogP contribution is -2.40. The molecule has 0 fully saturated rings. The van der Waals surface area contributed by atoms with Gasteiger partial charge in [0.05, 0.1) is 12.2 Å². The number of carbonyl (C=O) groups is 1. The zero-order valence-corrected chi connectivity index (χ0v) is 12.6. The maximum absolute atomic E-state index is 12.6. The van der Waals surface area contributed by atoms with Crippen LogP contribution in [0.1, 0.15) is 11.1 Å². The second-order valence-electron chi connectivity index (χ2n) is 5.52. The Morgan fingerprint density at radius 2 is 1.75 bits per heavy atom. The van der Waals surface area contributed by atoms with Crippen LogP contribution in [0.5, 0.6) is 0 Å². The number of fused-ring (bicyclic) bond motifs is 1. The SMILES string of the molecule is O=C1Nc2ccc(-c3ccc(C(F)(F)F)cc3)cc2CN1CCO. The van der Waals surface area contributed by atoms with E-state index in [2.05, 4.69) is 5.32 Å². The molecule has 0 saturated heterocycles. The second kappa shape index (κ2) is 6.16. The normalized spacial score (nSPS) is 14.3. The van der Waals surface area contributed by atoms with Gasteiger partial charge in [-0.15, -0.1) is 0 Å². The minimum atomic E-state index is -4.36. The predicted molar refractivity (Wildman–Crippen MR) is 83.4 cm³/mol. The molecule has 0 saturated carbocycles. The molecule has 1 aliphatic rings. The number of rotatable bonds is 3. The van der Waals surface area contributed by atoms with Gasteiger partial charge in [-0.2, -0.15) is 13.2 Å². The average molecular weight is 336 g/mol. The van der Waals surface area contributed by atoms with Gasteiger partial charge in [-0.1, -0.05) is 18.2 Å². The number of aliphatic hydroxyl groups excluding tert-OH is 1. The summed E-state index contributed by atoms with van der Waals surface area (Å²) in [6.07, 6.45) is -4.36. The molecule has 24 heavy (non-hydrogen) atoms. The summed E-state index contributed by atoms with van der Waals surface area (Å²) >= 11 is 0. The van der Waals surface area contributed by atoms with Crippen molar-refractivity contribution in [3.8, 4) is 11.1 Å². The Bertz CT molecular complexity index is 757. The predicted octanol–water partition coefficient (Wildman–Crippen LogP) is 3.71. The molecule has 0 aromatic heterocycles. The van der Waals surface area contributed by atoms with Gasteiger partial charge < -0.3 is 15.3 Å². The molecule has 1 aliphatic heterocycles. The Labute approximate surface area is 136 Å². The molecule has 2 aromatic rings. The smallest absolute Gasteiger partial charge is 0.395 e. The lowest BCUT2D eigenvalue weighted by Gasteiger charge is -2.29. The van der Waals surface area contributed by atoms with E-state index in [1.165, 1.54) is 17.0 Å². The summed E-state index contributed by atoms with van der Waals surface area (Å²) in [5, 5.41) is 11.7. The summed E-state index contributed by atoms with van der Waals surface area (Å²) < 4.78 is 37.9. The Morgan fingerprint density at radius 1 is 1.08 bits per heavy atom. The molecule has 0 unspecified atom stereocenters. The number of anilines is 1. The van der Waals surface area contributed by atoms with Crippen molar-refractivity contribution < 1.29 is 23.1 Å². The first-order chi connectivity index (χ1) is 11.4. The van der Waals surface area contributed by atoms with Crippen molar-refractivity contribution in [2.24, 2.45) is 0 Å². The highest BCUT2D eigenvalue weighted by Gasteiger charge is 2.30. The fraction of sp³-hybridized carbons (Fsp3) is 0.235. The van der Waals surface area contributed by atoms with E-state index in [4.69, 9.17) is 5.11 Å². The number of amides is 2. The lowest BCUT2D eigenvalue weighted by atomic mass is 9.99. The van der Waals surface area contributed by atoms with E-state index in [0.29, 0.717) is 17.8 Å². The van der Waals surface area contributed by atoms with Gasteiger partial charge in [0.1, 0.15) is 0 Å². The third-order valence-corrected chi connectivity index (χ3v) is 3.91. The quantitative estimate of drug-likeness (QED) is 0.898. The third-order valence-electron chi connectivity index (χ3n) is 3.91. The fourth-order valence-electron chi connectivity index (χ4n) is 2.65. The van der Waals surface area contributed by atoms with Crippen LogP contribution in [0, 0.1) is 0 Å². The van der Waals surface area contributed by atoms with Crippen LogP contribution in [0.25, 0.3) is 11.1 Å². The number of halogens is 3. The third kappa shape index (κ3) is 3.21. The summed E-state index contributed by atoms with van der Waals surface area (Å²) in [4.78, 5) is 13.3. The Hall–Kier alpha value is -2.54. The Kier molecular flexibility index (Phi) is 4.19. The maximum Gasteiger partial charge on any atom is 0.416 e. The molecule has 2 amide bonds. The van der Waals surface area contributed by atoms with Crippen molar-refractivity contribution >= 4 is 11.7 Å². The number of hydrogen-bond donors (Lipinski definition) is 2. The standard InChI is InChI=1S/C17H15F3N2O2/c18-17(19,20)14-4-1-11(2-5-14)12-3-6-15-13(9-12)10-22(7-8-23)16(24)21-15/h1-6,9,23H,7-8,10H2,(H,21,24). The van der Waals surface area contributed by atoms with Gasteiger partial charge >= 0.3 is 12.2 Å². The van der Waals surface area contributed by atoms with Crippen LogP contribution >= 0.6 is 0 Å². The molecule has 0 spiro atoms. The van der Waals surface area contributed by atoms with E-state index in [9.17, 15) is 18.0 Å². The number of carbonyl (C=O) groups excluding carboxylic acids is 1. The number of aliphatic hydroxyl groups is 1. The van der Waals surface area contributed by atoms with E-state index in [0.717, 1.165) is 23.3 Å². The van der Waals surface area contributed by atoms with Crippen LogP contribution in [0.4, 0.5) is 23.7 Å². The molecule has 2 aromatic carbocycles. The van der Waals surface area contributed by atoms with Crippen molar-refractivity contribution in [3.63, 3.8) is 0 Å². The number of benzene rings is 2. The van der Waals surface area contributed by atoms with Crippen molar-refractivity contribution in [2.45, 2.75) is 12.7 Å². The summed E-state index contributed by atoms with van der Waals surface area (Å²) in [5.74, 6) is 0. The van der Waals surface area contributed by atoms with Crippen LogP contribution in [0.3, 0.4) is 0 Å². The zero-order chi connectivity index (χ0) is 17.3. The number of alkyl halides is 3. The highest BCUT2D eigenvalue weighted by Crippen LogP contribution is 2.33. The largest absolute Gasteiger partial charge is 0.416 e. The molecule has 126 valence electrons.